The summed E-state index contributed by atoms with van der Waals surface area (Å²) in [5.41, 5.74) is 11.2. The number of nitrogens with two attached hydrogens (primary N) is 2. The summed E-state index contributed by atoms with van der Waals surface area (Å²) < 4.78 is 0. The van der Waals surface area contributed by atoms with E-state index in [4.69, 9.17) is 16.6 Å². The first-order valence-corrected chi connectivity index (χ1v) is 3.83. The maximum absolute atomic E-state index is 10.5. The monoisotopic (exact) mass is 158 g/mol. The van der Waals surface area contributed by atoms with Crippen molar-refractivity contribution in [1.29, 1.82) is 0 Å². The molecule has 0 amide bonds. The van der Waals surface area contributed by atoms with Crippen LogP contribution in [0.3, 0.4) is 0 Å². The first kappa shape index (κ1) is 8.49. The number of hydrogen-bond acceptors (Lipinski definition) is 3. The number of rotatable bonds is 1. The van der Waals surface area contributed by atoms with Crippen molar-refractivity contribution in [3.8, 4) is 0 Å². The smallest absolute Gasteiger partial charge is 0.306 e. The first-order valence-electron chi connectivity index (χ1n) is 3.83. The molecule has 2 atom stereocenters. The molecule has 0 aromatic rings. The molecule has 0 heterocycles. The highest BCUT2D eigenvalue weighted by Gasteiger charge is 2.28. The summed E-state index contributed by atoms with van der Waals surface area (Å²) in [4.78, 5) is 10.5. The summed E-state index contributed by atoms with van der Waals surface area (Å²) in [5, 5.41) is 8.66. The summed E-state index contributed by atoms with van der Waals surface area (Å²) in [7, 11) is 0. The van der Waals surface area contributed by atoms with Crippen LogP contribution in [0.1, 0.15) is 19.3 Å². The number of hydrogen-bond donors (Lipinski definition) is 3. The topological polar surface area (TPSA) is 89.3 Å². The fourth-order valence-corrected chi connectivity index (χ4v) is 1.61. The highest BCUT2D eigenvalue weighted by molar-refractivity contribution is 5.70. The zero-order chi connectivity index (χ0) is 8.43. The molecular formula is C7H14N2O2. The van der Waals surface area contributed by atoms with Crippen molar-refractivity contribution in [1.82, 2.24) is 0 Å². The standard InChI is InChI=1S/C7H14N2O2/c8-5-1-4(7(10)11)2-6(9)3-5/h4-6H,1-3,8-9H2,(H,10,11)/t5-,6-/m0/s1. The molecule has 1 aliphatic carbocycles. The second-order valence-electron chi connectivity index (χ2n) is 3.26. The van der Waals surface area contributed by atoms with Crippen molar-refractivity contribution < 1.29 is 9.90 Å². The van der Waals surface area contributed by atoms with Crippen LogP contribution in [-0.4, -0.2) is 23.2 Å². The van der Waals surface area contributed by atoms with E-state index in [1.807, 2.05) is 0 Å². The van der Waals surface area contributed by atoms with Gasteiger partial charge in [-0.2, -0.15) is 0 Å². The molecule has 0 radical (unpaired) electrons. The summed E-state index contributed by atoms with van der Waals surface area (Å²) in [6.45, 7) is 0. The van der Waals surface area contributed by atoms with Gasteiger partial charge in [0.2, 0.25) is 0 Å². The third-order valence-corrected chi connectivity index (χ3v) is 2.13. The van der Waals surface area contributed by atoms with Crippen molar-refractivity contribution in [2.45, 2.75) is 31.3 Å². The van der Waals surface area contributed by atoms with Gasteiger partial charge in [-0.05, 0) is 19.3 Å². The van der Waals surface area contributed by atoms with Gasteiger partial charge in [0.25, 0.3) is 0 Å². The van der Waals surface area contributed by atoms with Gasteiger partial charge in [0, 0.05) is 12.1 Å². The molecule has 1 fully saturated rings. The number of aliphatic carboxylic acids is 1. The molecule has 4 nitrogen and oxygen atoms in total. The predicted molar refractivity (Wildman–Crippen MR) is 40.9 cm³/mol. The zero-order valence-corrected chi connectivity index (χ0v) is 6.36. The number of carboxylic acid groups (broad SMARTS) is 1. The molecule has 11 heavy (non-hydrogen) atoms. The molecule has 0 aliphatic heterocycles. The molecule has 0 bridgehead atoms. The number of carboxylic acids is 1. The summed E-state index contributed by atoms with van der Waals surface area (Å²) in [6, 6.07) is -0.0558. The molecule has 1 aliphatic rings. The predicted octanol–water partition coefficient (Wildman–Crippen LogP) is -0.474. The van der Waals surface area contributed by atoms with E-state index in [0.29, 0.717) is 12.8 Å². The first-order chi connectivity index (χ1) is 5.09. The summed E-state index contributed by atoms with van der Waals surface area (Å²) in [6.07, 6.45) is 1.90. The Kier molecular flexibility index (Phi) is 2.46. The highest BCUT2D eigenvalue weighted by atomic mass is 16.4. The number of carbonyl (C=O) groups is 1. The lowest BCUT2D eigenvalue weighted by molar-refractivity contribution is -0.143. The van der Waals surface area contributed by atoms with Crippen LogP contribution in [0.25, 0.3) is 0 Å². The van der Waals surface area contributed by atoms with Gasteiger partial charge >= 0.3 is 5.97 Å². The fourth-order valence-electron chi connectivity index (χ4n) is 1.61. The van der Waals surface area contributed by atoms with Crippen molar-refractivity contribution in [2.75, 3.05) is 0 Å². The zero-order valence-electron chi connectivity index (χ0n) is 6.36. The van der Waals surface area contributed by atoms with E-state index in [0.717, 1.165) is 6.42 Å². The quantitative estimate of drug-likeness (QED) is 0.481. The molecule has 0 saturated heterocycles. The van der Waals surface area contributed by atoms with Gasteiger partial charge < -0.3 is 16.6 Å². The van der Waals surface area contributed by atoms with Gasteiger partial charge in [-0.3, -0.25) is 4.79 Å². The minimum Gasteiger partial charge on any atom is -0.481 e. The van der Waals surface area contributed by atoms with Crippen molar-refractivity contribution in [3.05, 3.63) is 0 Å². The van der Waals surface area contributed by atoms with E-state index in [-0.39, 0.29) is 18.0 Å². The molecular weight excluding hydrogens is 144 g/mol. The second-order valence-corrected chi connectivity index (χ2v) is 3.26. The van der Waals surface area contributed by atoms with Crippen LogP contribution >= 0.6 is 0 Å². The van der Waals surface area contributed by atoms with Gasteiger partial charge in [-0.25, -0.2) is 0 Å². The van der Waals surface area contributed by atoms with Crippen LogP contribution < -0.4 is 11.5 Å². The Balaban J connectivity index is 2.49. The van der Waals surface area contributed by atoms with E-state index in [9.17, 15) is 4.79 Å². The maximum Gasteiger partial charge on any atom is 0.306 e. The average Bonchev–Trinajstić information content (AvgIpc) is 1.85. The molecule has 0 aromatic heterocycles. The summed E-state index contributed by atoms with van der Waals surface area (Å²) in [5.74, 6) is -1.09. The van der Waals surface area contributed by atoms with E-state index in [1.54, 1.807) is 0 Å². The Bertz CT molecular complexity index is 151. The van der Waals surface area contributed by atoms with Gasteiger partial charge in [0.1, 0.15) is 0 Å². The minimum atomic E-state index is -0.768. The van der Waals surface area contributed by atoms with Crippen LogP contribution in [0.4, 0.5) is 0 Å². The third-order valence-electron chi connectivity index (χ3n) is 2.13. The van der Waals surface area contributed by atoms with Crippen molar-refractivity contribution in [2.24, 2.45) is 17.4 Å². The Hall–Kier alpha value is -0.610. The largest absolute Gasteiger partial charge is 0.481 e. The van der Waals surface area contributed by atoms with E-state index in [2.05, 4.69) is 0 Å². The molecule has 64 valence electrons. The lowest BCUT2D eigenvalue weighted by Crippen LogP contribution is -2.41. The molecule has 0 unspecified atom stereocenters. The van der Waals surface area contributed by atoms with Crippen molar-refractivity contribution >= 4 is 5.97 Å². The van der Waals surface area contributed by atoms with Crippen LogP contribution in [0.15, 0.2) is 0 Å². The lowest BCUT2D eigenvalue weighted by atomic mass is 9.83. The van der Waals surface area contributed by atoms with E-state index >= 15 is 0 Å². The average molecular weight is 158 g/mol. The Morgan fingerprint density at radius 3 is 2.00 bits per heavy atom. The molecule has 0 aromatic carbocycles. The van der Waals surface area contributed by atoms with Gasteiger partial charge in [-0.1, -0.05) is 0 Å². The Labute approximate surface area is 65.6 Å². The SMILES string of the molecule is N[C@H]1CC(C(=O)O)C[C@H](N)C1. The minimum absolute atomic E-state index is 0.0279. The molecule has 1 saturated carbocycles. The van der Waals surface area contributed by atoms with Crippen molar-refractivity contribution in [3.63, 3.8) is 0 Å². The third kappa shape index (κ3) is 2.17. The normalized spacial score (nSPS) is 38.5. The fraction of sp³-hybridized carbons (Fsp3) is 0.857. The second kappa shape index (κ2) is 3.19. The van der Waals surface area contributed by atoms with Crippen LogP contribution in [0, 0.1) is 5.92 Å². The maximum atomic E-state index is 10.5. The Morgan fingerprint density at radius 1 is 1.18 bits per heavy atom. The Morgan fingerprint density at radius 2 is 1.64 bits per heavy atom. The molecule has 5 N–H and O–H groups in total. The molecule has 0 spiro atoms. The molecule has 1 rings (SSSR count). The van der Waals surface area contributed by atoms with Gasteiger partial charge in [0.05, 0.1) is 5.92 Å². The summed E-state index contributed by atoms with van der Waals surface area (Å²) >= 11 is 0. The lowest BCUT2D eigenvalue weighted by Gasteiger charge is -2.28. The van der Waals surface area contributed by atoms with E-state index in [1.165, 1.54) is 0 Å². The van der Waals surface area contributed by atoms with Gasteiger partial charge in [0.15, 0.2) is 0 Å². The van der Waals surface area contributed by atoms with E-state index < -0.39 is 5.97 Å². The highest BCUT2D eigenvalue weighted by Crippen LogP contribution is 2.22. The molecule has 4 heteroatoms. The van der Waals surface area contributed by atoms with Crippen LogP contribution in [-0.2, 0) is 4.79 Å². The van der Waals surface area contributed by atoms with Gasteiger partial charge in [-0.15, -0.1) is 0 Å². The van der Waals surface area contributed by atoms with Crippen LogP contribution in [0.5, 0.6) is 0 Å². The van der Waals surface area contributed by atoms with Crippen LogP contribution in [0.2, 0.25) is 0 Å².